The molecule has 0 saturated carbocycles. The van der Waals surface area contributed by atoms with Gasteiger partial charge in [0.2, 0.25) is 17.8 Å². The maximum absolute atomic E-state index is 13.7. The van der Waals surface area contributed by atoms with Crippen LogP contribution in [0.4, 0.5) is 27.9 Å². The topological polar surface area (TPSA) is 80.0 Å². The molecule has 3 N–H and O–H groups in total. The maximum Gasteiger partial charge on any atom is 0.233 e. The Hall–Kier alpha value is -2.15. The molecule has 1 aromatic heterocycles. The SMILES string of the molecule is CN(C)c1nc(N)nc(Nc2cccc(Cl)c2F)n1. The number of hydrogen-bond acceptors (Lipinski definition) is 6. The second-order valence-electron chi connectivity index (χ2n) is 3.94. The van der Waals surface area contributed by atoms with Crippen LogP contribution < -0.4 is 16.0 Å². The Bertz CT molecular complexity index is 604. The lowest BCUT2D eigenvalue weighted by Crippen LogP contribution is -2.15. The van der Waals surface area contributed by atoms with E-state index in [2.05, 4.69) is 20.3 Å². The van der Waals surface area contributed by atoms with E-state index in [1.54, 1.807) is 25.1 Å². The van der Waals surface area contributed by atoms with Gasteiger partial charge in [0.15, 0.2) is 5.82 Å². The molecule has 2 aromatic rings. The van der Waals surface area contributed by atoms with Crippen LogP contribution in [0.2, 0.25) is 5.02 Å². The van der Waals surface area contributed by atoms with Crippen LogP contribution in [-0.2, 0) is 0 Å². The van der Waals surface area contributed by atoms with Gasteiger partial charge in [-0.1, -0.05) is 17.7 Å². The number of hydrogen-bond donors (Lipinski definition) is 2. The predicted octanol–water partition coefficient (Wildman–Crippen LogP) is 2.06. The van der Waals surface area contributed by atoms with Gasteiger partial charge in [0.1, 0.15) is 0 Å². The summed E-state index contributed by atoms with van der Waals surface area (Å²) in [4.78, 5) is 13.6. The zero-order chi connectivity index (χ0) is 14.0. The predicted molar refractivity (Wildman–Crippen MR) is 73.3 cm³/mol. The molecular formula is C11H12ClFN6. The number of benzene rings is 1. The van der Waals surface area contributed by atoms with Crippen LogP contribution in [0.15, 0.2) is 18.2 Å². The van der Waals surface area contributed by atoms with Gasteiger partial charge in [-0.25, -0.2) is 4.39 Å². The number of aromatic nitrogens is 3. The molecule has 100 valence electrons. The lowest BCUT2D eigenvalue weighted by Gasteiger charge is -2.12. The zero-order valence-electron chi connectivity index (χ0n) is 10.4. The fourth-order valence-corrected chi connectivity index (χ4v) is 1.53. The Balaban J connectivity index is 2.35. The molecule has 0 amide bonds. The minimum Gasteiger partial charge on any atom is -0.368 e. The lowest BCUT2D eigenvalue weighted by molar-refractivity contribution is 0.632. The first-order chi connectivity index (χ1) is 8.97. The quantitative estimate of drug-likeness (QED) is 0.897. The largest absolute Gasteiger partial charge is 0.368 e. The fraction of sp³-hybridized carbons (Fsp3) is 0.182. The van der Waals surface area contributed by atoms with Crippen LogP contribution in [0.3, 0.4) is 0 Å². The molecule has 0 aliphatic carbocycles. The van der Waals surface area contributed by atoms with Crippen LogP contribution in [0.25, 0.3) is 0 Å². The van der Waals surface area contributed by atoms with Crippen LogP contribution >= 0.6 is 11.6 Å². The molecule has 0 atom stereocenters. The average molecular weight is 283 g/mol. The molecular weight excluding hydrogens is 271 g/mol. The molecule has 0 fully saturated rings. The van der Waals surface area contributed by atoms with E-state index in [0.717, 1.165) is 0 Å². The number of nitrogens with zero attached hydrogens (tertiary/aromatic N) is 4. The van der Waals surface area contributed by atoms with E-state index in [-0.39, 0.29) is 22.6 Å². The molecule has 0 aliphatic heterocycles. The molecule has 8 heteroatoms. The Kier molecular flexibility index (Phi) is 3.66. The first kappa shape index (κ1) is 13.3. The molecule has 1 heterocycles. The molecule has 0 spiro atoms. The van der Waals surface area contributed by atoms with Crippen molar-refractivity contribution < 1.29 is 4.39 Å². The third kappa shape index (κ3) is 3.00. The van der Waals surface area contributed by atoms with Crippen LogP contribution in [0, 0.1) is 5.82 Å². The molecule has 0 saturated heterocycles. The summed E-state index contributed by atoms with van der Waals surface area (Å²) in [5, 5.41) is 2.73. The minimum absolute atomic E-state index is 0.0138. The van der Waals surface area contributed by atoms with Gasteiger partial charge in [-0.05, 0) is 12.1 Å². The van der Waals surface area contributed by atoms with Crippen LogP contribution in [0.5, 0.6) is 0 Å². The fourth-order valence-electron chi connectivity index (χ4n) is 1.36. The lowest BCUT2D eigenvalue weighted by atomic mass is 10.3. The molecule has 0 bridgehead atoms. The van der Waals surface area contributed by atoms with Crippen LogP contribution in [-0.4, -0.2) is 29.0 Å². The van der Waals surface area contributed by atoms with Gasteiger partial charge in [-0.2, -0.15) is 15.0 Å². The highest BCUT2D eigenvalue weighted by atomic mass is 35.5. The second kappa shape index (κ2) is 5.23. The molecule has 6 nitrogen and oxygen atoms in total. The Morgan fingerprint density at radius 1 is 1.26 bits per heavy atom. The van der Waals surface area contributed by atoms with Crippen molar-refractivity contribution in [3.63, 3.8) is 0 Å². The summed E-state index contributed by atoms with van der Waals surface area (Å²) >= 11 is 5.69. The van der Waals surface area contributed by atoms with E-state index in [1.165, 1.54) is 12.1 Å². The van der Waals surface area contributed by atoms with E-state index < -0.39 is 5.82 Å². The highest BCUT2D eigenvalue weighted by Gasteiger charge is 2.10. The monoisotopic (exact) mass is 282 g/mol. The smallest absolute Gasteiger partial charge is 0.233 e. The Morgan fingerprint density at radius 3 is 2.68 bits per heavy atom. The number of nitrogens with two attached hydrogens (primary N) is 1. The summed E-state index contributed by atoms with van der Waals surface area (Å²) in [5.74, 6) is -0.00649. The third-order valence-electron chi connectivity index (χ3n) is 2.24. The van der Waals surface area contributed by atoms with Crippen molar-refractivity contribution in [2.45, 2.75) is 0 Å². The van der Waals surface area contributed by atoms with E-state index in [0.29, 0.717) is 5.95 Å². The molecule has 0 aliphatic rings. The summed E-state index contributed by atoms with van der Waals surface area (Å²) in [6.07, 6.45) is 0. The van der Waals surface area contributed by atoms with Crippen molar-refractivity contribution >= 4 is 35.1 Å². The molecule has 1 aromatic carbocycles. The van der Waals surface area contributed by atoms with Gasteiger partial charge in [0.25, 0.3) is 0 Å². The Labute approximate surface area is 114 Å². The van der Waals surface area contributed by atoms with Crippen molar-refractivity contribution in [1.29, 1.82) is 0 Å². The Morgan fingerprint density at radius 2 is 2.00 bits per heavy atom. The van der Waals surface area contributed by atoms with Gasteiger partial charge in [-0.15, -0.1) is 0 Å². The summed E-state index contributed by atoms with van der Waals surface area (Å²) in [7, 11) is 3.52. The van der Waals surface area contributed by atoms with E-state index in [4.69, 9.17) is 17.3 Å². The van der Waals surface area contributed by atoms with Crippen molar-refractivity contribution in [2.24, 2.45) is 0 Å². The second-order valence-corrected chi connectivity index (χ2v) is 4.35. The van der Waals surface area contributed by atoms with Gasteiger partial charge in [-0.3, -0.25) is 0 Å². The highest BCUT2D eigenvalue weighted by molar-refractivity contribution is 6.31. The minimum atomic E-state index is -0.574. The summed E-state index contributed by atoms with van der Waals surface area (Å²) in [6, 6.07) is 4.59. The van der Waals surface area contributed by atoms with E-state index in [9.17, 15) is 4.39 Å². The number of rotatable bonds is 3. The standard InChI is InChI=1S/C11H12ClFN6/c1-19(2)11-17-9(14)16-10(18-11)15-7-5-3-4-6(12)8(7)13/h3-5H,1-2H3,(H3,14,15,16,17,18). The first-order valence-electron chi connectivity index (χ1n) is 5.37. The van der Waals surface area contributed by atoms with Crippen molar-refractivity contribution in [3.05, 3.63) is 29.0 Å². The van der Waals surface area contributed by atoms with Gasteiger partial charge < -0.3 is 16.0 Å². The first-order valence-corrected chi connectivity index (χ1v) is 5.75. The van der Waals surface area contributed by atoms with Gasteiger partial charge >= 0.3 is 0 Å². The maximum atomic E-state index is 13.7. The molecule has 0 radical (unpaired) electrons. The average Bonchev–Trinajstić information content (AvgIpc) is 2.34. The zero-order valence-corrected chi connectivity index (χ0v) is 11.1. The third-order valence-corrected chi connectivity index (χ3v) is 2.53. The number of anilines is 4. The van der Waals surface area contributed by atoms with E-state index in [1.807, 2.05) is 0 Å². The number of halogens is 2. The summed E-state index contributed by atoms with van der Waals surface area (Å²) in [5.41, 5.74) is 5.74. The normalized spacial score (nSPS) is 10.3. The van der Waals surface area contributed by atoms with Crippen molar-refractivity contribution in [2.75, 3.05) is 30.0 Å². The van der Waals surface area contributed by atoms with Gasteiger partial charge in [0, 0.05) is 14.1 Å². The van der Waals surface area contributed by atoms with Crippen LogP contribution in [0.1, 0.15) is 0 Å². The molecule has 19 heavy (non-hydrogen) atoms. The highest BCUT2D eigenvalue weighted by Crippen LogP contribution is 2.24. The summed E-state index contributed by atoms with van der Waals surface area (Å²) < 4.78 is 13.7. The van der Waals surface area contributed by atoms with E-state index >= 15 is 0 Å². The van der Waals surface area contributed by atoms with Crippen molar-refractivity contribution in [3.8, 4) is 0 Å². The summed E-state index contributed by atoms with van der Waals surface area (Å²) in [6.45, 7) is 0. The van der Waals surface area contributed by atoms with Gasteiger partial charge in [0.05, 0.1) is 10.7 Å². The number of nitrogens with one attached hydrogen (secondary N) is 1. The van der Waals surface area contributed by atoms with Crippen molar-refractivity contribution in [1.82, 2.24) is 15.0 Å². The molecule has 0 unspecified atom stereocenters. The molecule has 2 rings (SSSR count). The number of nitrogen functional groups attached to an aromatic ring is 1.